The summed E-state index contributed by atoms with van der Waals surface area (Å²) in [6.07, 6.45) is 0.780. The van der Waals surface area contributed by atoms with Gasteiger partial charge in [0.05, 0.1) is 6.61 Å². The fourth-order valence-corrected chi connectivity index (χ4v) is 0.973. The van der Waals surface area contributed by atoms with Crippen LogP contribution in [0, 0.1) is 0 Å². The molecule has 82 valence electrons. The van der Waals surface area contributed by atoms with Gasteiger partial charge in [0.2, 0.25) is 0 Å². The molecule has 4 heteroatoms. The number of phenolic OH excluding ortho intramolecular Hbond substituents is 1. The standard InChI is InChI=1S/C11H14O4/c1-2-7-14-11(13)8-15-10-6-4-3-5-9(10)12/h3-6,12H,2,7-8H2,1H3. The van der Waals surface area contributed by atoms with Crippen molar-refractivity contribution in [2.45, 2.75) is 13.3 Å². The molecule has 0 aliphatic carbocycles. The summed E-state index contributed by atoms with van der Waals surface area (Å²) in [7, 11) is 0. The van der Waals surface area contributed by atoms with Gasteiger partial charge < -0.3 is 14.6 Å². The van der Waals surface area contributed by atoms with Crippen LogP contribution in [0.5, 0.6) is 11.5 Å². The van der Waals surface area contributed by atoms with E-state index in [0.29, 0.717) is 6.61 Å². The highest BCUT2D eigenvalue weighted by Gasteiger charge is 2.05. The minimum atomic E-state index is -0.430. The lowest BCUT2D eigenvalue weighted by Crippen LogP contribution is -2.15. The Labute approximate surface area is 88.4 Å². The second-order valence-electron chi connectivity index (χ2n) is 2.98. The predicted molar refractivity (Wildman–Crippen MR) is 54.9 cm³/mol. The zero-order chi connectivity index (χ0) is 11.1. The normalized spacial score (nSPS) is 9.67. The first-order valence-corrected chi connectivity index (χ1v) is 4.80. The van der Waals surface area contributed by atoms with Gasteiger partial charge in [0.1, 0.15) is 0 Å². The summed E-state index contributed by atoms with van der Waals surface area (Å²) in [5, 5.41) is 9.32. The fourth-order valence-electron chi connectivity index (χ4n) is 0.973. The fraction of sp³-hybridized carbons (Fsp3) is 0.364. The molecule has 1 aromatic rings. The summed E-state index contributed by atoms with van der Waals surface area (Å²) in [6.45, 7) is 2.12. The summed E-state index contributed by atoms with van der Waals surface area (Å²) >= 11 is 0. The number of ether oxygens (including phenoxy) is 2. The van der Waals surface area contributed by atoms with Gasteiger partial charge in [-0.2, -0.15) is 0 Å². The molecule has 0 aliphatic rings. The van der Waals surface area contributed by atoms with Crippen molar-refractivity contribution in [3.63, 3.8) is 0 Å². The molecule has 0 spiro atoms. The summed E-state index contributed by atoms with van der Waals surface area (Å²) in [4.78, 5) is 11.1. The van der Waals surface area contributed by atoms with E-state index in [2.05, 4.69) is 0 Å². The maximum atomic E-state index is 11.1. The number of rotatable bonds is 5. The topological polar surface area (TPSA) is 55.8 Å². The number of para-hydroxylation sites is 2. The molecule has 1 rings (SSSR count). The number of hydrogen-bond donors (Lipinski definition) is 1. The molecular weight excluding hydrogens is 196 g/mol. The predicted octanol–water partition coefficient (Wildman–Crippen LogP) is 1.72. The van der Waals surface area contributed by atoms with E-state index in [1.54, 1.807) is 18.2 Å². The number of phenols is 1. The van der Waals surface area contributed by atoms with Crippen molar-refractivity contribution in [2.24, 2.45) is 0 Å². The molecule has 0 fully saturated rings. The lowest BCUT2D eigenvalue weighted by Gasteiger charge is -2.07. The minimum Gasteiger partial charge on any atom is -0.504 e. The van der Waals surface area contributed by atoms with Crippen LogP contribution in [-0.4, -0.2) is 24.3 Å². The summed E-state index contributed by atoms with van der Waals surface area (Å²) in [6, 6.07) is 6.47. The Kier molecular flexibility index (Phi) is 4.47. The molecule has 0 atom stereocenters. The van der Waals surface area contributed by atoms with Gasteiger partial charge in [-0.1, -0.05) is 19.1 Å². The van der Waals surface area contributed by atoms with Crippen molar-refractivity contribution in [2.75, 3.05) is 13.2 Å². The molecule has 0 aliphatic heterocycles. The van der Waals surface area contributed by atoms with Crippen molar-refractivity contribution in [1.82, 2.24) is 0 Å². The Morgan fingerprint density at radius 2 is 2.13 bits per heavy atom. The Bertz CT molecular complexity index is 322. The molecular formula is C11H14O4. The summed E-state index contributed by atoms with van der Waals surface area (Å²) < 4.78 is 9.88. The molecule has 15 heavy (non-hydrogen) atoms. The van der Waals surface area contributed by atoms with E-state index >= 15 is 0 Å². The Hall–Kier alpha value is -1.71. The SMILES string of the molecule is CCCOC(=O)COc1ccccc1O. The van der Waals surface area contributed by atoms with Crippen molar-refractivity contribution in [3.05, 3.63) is 24.3 Å². The lowest BCUT2D eigenvalue weighted by molar-refractivity contribution is -0.146. The van der Waals surface area contributed by atoms with E-state index in [0.717, 1.165) is 6.42 Å². The van der Waals surface area contributed by atoms with Crippen molar-refractivity contribution in [1.29, 1.82) is 0 Å². The van der Waals surface area contributed by atoms with Crippen LogP contribution in [0.3, 0.4) is 0 Å². The smallest absolute Gasteiger partial charge is 0.344 e. The van der Waals surface area contributed by atoms with Gasteiger partial charge in [-0.05, 0) is 18.6 Å². The van der Waals surface area contributed by atoms with E-state index in [-0.39, 0.29) is 18.1 Å². The van der Waals surface area contributed by atoms with Crippen molar-refractivity contribution >= 4 is 5.97 Å². The maximum absolute atomic E-state index is 11.1. The average Bonchev–Trinajstić information content (AvgIpc) is 2.25. The van der Waals surface area contributed by atoms with Crippen LogP contribution < -0.4 is 4.74 Å². The van der Waals surface area contributed by atoms with E-state index < -0.39 is 5.97 Å². The molecule has 0 heterocycles. The highest BCUT2D eigenvalue weighted by Crippen LogP contribution is 2.23. The molecule has 0 radical (unpaired) electrons. The lowest BCUT2D eigenvalue weighted by atomic mass is 10.3. The third kappa shape index (κ3) is 3.89. The van der Waals surface area contributed by atoms with Gasteiger partial charge in [-0.25, -0.2) is 4.79 Å². The first-order valence-electron chi connectivity index (χ1n) is 4.80. The minimum absolute atomic E-state index is 0.0146. The summed E-state index contributed by atoms with van der Waals surface area (Å²) in [5.74, 6) is -0.133. The molecule has 0 amide bonds. The van der Waals surface area contributed by atoms with Gasteiger partial charge >= 0.3 is 5.97 Å². The number of aromatic hydroxyl groups is 1. The maximum Gasteiger partial charge on any atom is 0.344 e. The number of benzene rings is 1. The van der Waals surface area contributed by atoms with Crippen LogP contribution in [-0.2, 0) is 9.53 Å². The molecule has 0 unspecified atom stereocenters. The van der Waals surface area contributed by atoms with Crippen LogP contribution >= 0.6 is 0 Å². The first-order chi connectivity index (χ1) is 7.24. The van der Waals surface area contributed by atoms with Crippen molar-refractivity contribution < 1.29 is 19.4 Å². The highest BCUT2D eigenvalue weighted by atomic mass is 16.6. The Morgan fingerprint density at radius 3 is 2.80 bits per heavy atom. The molecule has 1 N–H and O–H groups in total. The molecule has 0 saturated heterocycles. The Balaban J connectivity index is 2.37. The highest BCUT2D eigenvalue weighted by molar-refractivity contribution is 5.71. The number of hydrogen-bond acceptors (Lipinski definition) is 4. The second-order valence-corrected chi connectivity index (χ2v) is 2.98. The van der Waals surface area contributed by atoms with Gasteiger partial charge in [0, 0.05) is 0 Å². The molecule has 0 bridgehead atoms. The van der Waals surface area contributed by atoms with E-state index in [1.165, 1.54) is 6.07 Å². The number of esters is 1. The van der Waals surface area contributed by atoms with Crippen LogP contribution in [0.1, 0.15) is 13.3 Å². The van der Waals surface area contributed by atoms with Gasteiger partial charge in [-0.3, -0.25) is 0 Å². The first kappa shape index (κ1) is 11.4. The molecule has 0 aromatic heterocycles. The zero-order valence-corrected chi connectivity index (χ0v) is 8.60. The average molecular weight is 210 g/mol. The van der Waals surface area contributed by atoms with Crippen LogP contribution in [0.2, 0.25) is 0 Å². The molecule has 1 aromatic carbocycles. The van der Waals surface area contributed by atoms with Crippen molar-refractivity contribution in [3.8, 4) is 11.5 Å². The van der Waals surface area contributed by atoms with E-state index in [4.69, 9.17) is 9.47 Å². The number of carbonyl (C=O) groups excluding carboxylic acids is 1. The van der Waals surface area contributed by atoms with Crippen LogP contribution in [0.25, 0.3) is 0 Å². The summed E-state index contributed by atoms with van der Waals surface area (Å²) in [5.41, 5.74) is 0. The van der Waals surface area contributed by atoms with E-state index in [1.807, 2.05) is 6.92 Å². The van der Waals surface area contributed by atoms with Gasteiger partial charge in [0.25, 0.3) is 0 Å². The third-order valence-corrected chi connectivity index (χ3v) is 1.68. The monoisotopic (exact) mass is 210 g/mol. The molecule has 0 saturated carbocycles. The zero-order valence-electron chi connectivity index (χ0n) is 8.60. The quantitative estimate of drug-likeness (QED) is 0.752. The second kappa shape index (κ2) is 5.90. The van der Waals surface area contributed by atoms with Crippen LogP contribution in [0.4, 0.5) is 0 Å². The third-order valence-electron chi connectivity index (χ3n) is 1.68. The van der Waals surface area contributed by atoms with E-state index in [9.17, 15) is 9.90 Å². The van der Waals surface area contributed by atoms with Gasteiger partial charge in [-0.15, -0.1) is 0 Å². The number of carbonyl (C=O) groups is 1. The molecule has 4 nitrogen and oxygen atoms in total. The van der Waals surface area contributed by atoms with Crippen LogP contribution in [0.15, 0.2) is 24.3 Å². The Morgan fingerprint density at radius 1 is 1.40 bits per heavy atom. The van der Waals surface area contributed by atoms with Gasteiger partial charge in [0.15, 0.2) is 18.1 Å². The largest absolute Gasteiger partial charge is 0.504 e.